The van der Waals surface area contributed by atoms with Crippen molar-refractivity contribution in [2.45, 2.75) is 31.8 Å². The molecule has 0 spiro atoms. The van der Waals surface area contributed by atoms with Gasteiger partial charge < -0.3 is 14.6 Å². The topological polar surface area (TPSA) is 81.9 Å². The molecule has 2 heterocycles. The molecule has 0 atom stereocenters. The Labute approximate surface area is 207 Å². The van der Waals surface area contributed by atoms with Gasteiger partial charge in [0.15, 0.2) is 16.1 Å². The molecule has 2 aromatic heterocycles. The van der Waals surface area contributed by atoms with E-state index in [4.69, 9.17) is 4.74 Å². The smallest absolute Gasteiger partial charge is 0.236 e. The Hall–Kier alpha value is -3.17. The molecule has 176 valence electrons. The highest BCUT2D eigenvalue weighted by Gasteiger charge is 2.14. The van der Waals surface area contributed by atoms with Crippen molar-refractivity contribution in [2.24, 2.45) is 7.05 Å². The molecule has 0 bridgehead atoms. The van der Waals surface area contributed by atoms with Crippen LogP contribution in [0.4, 0.5) is 5.13 Å². The number of anilines is 1. The minimum atomic E-state index is -0.132. The van der Waals surface area contributed by atoms with Crippen LogP contribution < -0.4 is 10.1 Å². The predicted molar refractivity (Wildman–Crippen MR) is 138 cm³/mol. The van der Waals surface area contributed by atoms with E-state index in [1.807, 2.05) is 60.3 Å². The van der Waals surface area contributed by atoms with Crippen molar-refractivity contribution in [3.8, 4) is 28.4 Å². The number of carbonyl (C=O) groups is 1. The number of thioether (sulfide) groups is 1. The molecule has 0 saturated carbocycles. The molecule has 0 aliphatic carbocycles. The maximum atomic E-state index is 12.5. The number of rotatable bonds is 10. The minimum absolute atomic E-state index is 0.132. The SMILES string of the molecule is CCCCOc1ccc(-c2nnc(SCC(=O)Nc3nc(-c4ccc(C)cc4)cs3)n2C)cc1. The first-order valence-electron chi connectivity index (χ1n) is 11.1. The summed E-state index contributed by atoms with van der Waals surface area (Å²) >= 11 is 2.76. The fraction of sp³-hybridized carbons (Fsp3) is 0.280. The van der Waals surface area contributed by atoms with Gasteiger partial charge in [0.2, 0.25) is 5.91 Å². The maximum Gasteiger partial charge on any atom is 0.236 e. The Kier molecular flexibility index (Phi) is 7.97. The van der Waals surface area contributed by atoms with Crippen LogP contribution in [0.25, 0.3) is 22.6 Å². The molecule has 4 rings (SSSR count). The molecule has 4 aromatic rings. The fourth-order valence-corrected chi connectivity index (χ4v) is 4.65. The van der Waals surface area contributed by atoms with Crippen molar-refractivity contribution >= 4 is 34.1 Å². The van der Waals surface area contributed by atoms with Gasteiger partial charge in [0, 0.05) is 23.6 Å². The summed E-state index contributed by atoms with van der Waals surface area (Å²) in [7, 11) is 1.90. The molecule has 9 heteroatoms. The van der Waals surface area contributed by atoms with Crippen LogP contribution >= 0.6 is 23.1 Å². The lowest BCUT2D eigenvalue weighted by atomic mass is 10.1. The lowest BCUT2D eigenvalue weighted by Gasteiger charge is -2.07. The highest BCUT2D eigenvalue weighted by molar-refractivity contribution is 7.99. The molecule has 0 aliphatic rings. The molecule has 34 heavy (non-hydrogen) atoms. The molecule has 7 nitrogen and oxygen atoms in total. The Balaban J connectivity index is 1.32. The average molecular weight is 494 g/mol. The number of hydrogen-bond donors (Lipinski definition) is 1. The first kappa shape index (κ1) is 24.0. The summed E-state index contributed by atoms with van der Waals surface area (Å²) in [6.07, 6.45) is 2.14. The van der Waals surface area contributed by atoms with E-state index in [1.165, 1.54) is 28.7 Å². The molecule has 0 fully saturated rings. The minimum Gasteiger partial charge on any atom is -0.494 e. The summed E-state index contributed by atoms with van der Waals surface area (Å²) in [5.41, 5.74) is 4.03. The number of benzene rings is 2. The van der Waals surface area contributed by atoms with Gasteiger partial charge in [-0.2, -0.15) is 0 Å². The Bertz CT molecular complexity index is 1230. The van der Waals surface area contributed by atoms with Gasteiger partial charge in [0.05, 0.1) is 18.1 Å². The lowest BCUT2D eigenvalue weighted by Crippen LogP contribution is -2.14. The molecule has 0 aliphatic heterocycles. The van der Waals surface area contributed by atoms with Crippen molar-refractivity contribution in [3.63, 3.8) is 0 Å². The van der Waals surface area contributed by atoms with Crippen molar-refractivity contribution in [1.82, 2.24) is 19.7 Å². The van der Waals surface area contributed by atoms with Gasteiger partial charge in [-0.15, -0.1) is 21.5 Å². The van der Waals surface area contributed by atoms with Crippen LogP contribution in [0, 0.1) is 6.92 Å². The van der Waals surface area contributed by atoms with Gasteiger partial charge in [-0.25, -0.2) is 4.98 Å². The van der Waals surface area contributed by atoms with Gasteiger partial charge in [0.1, 0.15) is 5.75 Å². The molecule has 1 amide bonds. The van der Waals surface area contributed by atoms with Gasteiger partial charge in [0.25, 0.3) is 0 Å². The molecule has 1 N–H and O–H groups in total. The summed E-state index contributed by atoms with van der Waals surface area (Å²) in [4.78, 5) is 17.0. The predicted octanol–water partition coefficient (Wildman–Crippen LogP) is 5.82. The van der Waals surface area contributed by atoms with Crippen LogP contribution in [0.2, 0.25) is 0 Å². The van der Waals surface area contributed by atoms with Crippen LogP contribution in [-0.4, -0.2) is 38.0 Å². The third-order valence-corrected chi connectivity index (χ3v) is 6.92. The molecule has 0 unspecified atom stereocenters. The van der Waals surface area contributed by atoms with E-state index < -0.39 is 0 Å². The first-order valence-corrected chi connectivity index (χ1v) is 13.0. The van der Waals surface area contributed by atoms with Gasteiger partial charge >= 0.3 is 0 Å². The molecular weight excluding hydrogens is 466 g/mol. The van der Waals surface area contributed by atoms with Crippen LogP contribution in [-0.2, 0) is 11.8 Å². The zero-order chi connectivity index (χ0) is 23.9. The normalized spacial score (nSPS) is 10.9. The largest absolute Gasteiger partial charge is 0.494 e. The lowest BCUT2D eigenvalue weighted by molar-refractivity contribution is -0.113. The number of aryl methyl sites for hydroxylation is 1. The van der Waals surface area contributed by atoms with E-state index in [1.54, 1.807) is 0 Å². The number of hydrogen-bond acceptors (Lipinski definition) is 7. The Morgan fingerprint density at radius 3 is 2.56 bits per heavy atom. The average Bonchev–Trinajstić information content (AvgIpc) is 3.45. The van der Waals surface area contributed by atoms with Crippen molar-refractivity contribution < 1.29 is 9.53 Å². The second-order valence-corrected chi connectivity index (χ2v) is 9.63. The highest BCUT2D eigenvalue weighted by Crippen LogP contribution is 2.27. The monoisotopic (exact) mass is 493 g/mol. The Morgan fingerprint density at radius 2 is 1.82 bits per heavy atom. The van der Waals surface area contributed by atoms with E-state index in [-0.39, 0.29) is 11.7 Å². The number of amides is 1. The molecule has 2 aromatic carbocycles. The first-order chi connectivity index (χ1) is 16.5. The summed E-state index contributed by atoms with van der Waals surface area (Å²) in [5.74, 6) is 1.67. The summed E-state index contributed by atoms with van der Waals surface area (Å²) in [6, 6.07) is 16.0. The van der Waals surface area contributed by atoms with Gasteiger partial charge in [-0.1, -0.05) is 54.9 Å². The summed E-state index contributed by atoms with van der Waals surface area (Å²) in [5, 5.41) is 14.6. The summed E-state index contributed by atoms with van der Waals surface area (Å²) < 4.78 is 7.61. The van der Waals surface area contributed by atoms with Crippen LogP contribution in [0.15, 0.2) is 59.1 Å². The molecular formula is C25H27N5O2S2. The maximum absolute atomic E-state index is 12.5. The number of unbranched alkanes of at least 4 members (excludes halogenated alkanes) is 1. The van der Waals surface area contributed by atoms with E-state index in [9.17, 15) is 4.79 Å². The third kappa shape index (κ3) is 6.03. The third-order valence-electron chi connectivity index (χ3n) is 5.14. The van der Waals surface area contributed by atoms with Crippen LogP contribution in [0.5, 0.6) is 5.75 Å². The van der Waals surface area contributed by atoms with E-state index in [0.717, 1.165) is 47.8 Å². The summed E-state index contributed by atoms with van der Waals surface area (Å²) in [6.45, 7) is 4.91. The quantitative estimate of drug-likeness (QED) is 0.221. The standard InChI is InChI=1S/C25H27N5O2S2/c1-4-5-14-32-20-12-10-19(11-13-20)23-28-29-25(30(23)3)34-16-22(31)27-24-26-21(15-33-24)18-8-6-17(2)7-9-18/h6-13,15H,4-5,14,16H2,1-3H3,(H,26,27,31). The van der Waals surface area contributed by atoms with Crippen molar-refractivity contribution in [3.05, 3.63) is 59.5 Å². The van der Waals surface area contributed by atoms with Crippen molar-refractivity contribution in [2.75, 3.05) is 17.7 Å². The van der Waals surface area contributed by atoms with Crippen LogP contribution in [0.3, 0.4) is 0 Å². The van der Waals surface area contributed by atoms with E-state index in [0.29, 0.717) is 10.3 Å². The number of ether oxygens (including phenoxy) is 1. The fourth-order valence-electron chi connectivity index (χ4n) is 3.20. The molecule has 0 radical (unpaired) electrons. The second kappa shape index (κ2) is 11.3. The highest BCUT2D eigenvalue weighted by atomic mass is 32.2. The Morgan fingerprint density at radius 1 is 1.09 bits per heavy atom. The number of thiazole rings is 1. The van der Waals surface area contributed by atoms with Crippen molar-refractivity contribution in [1.29, 1.82) is 0 Å². The van der Waals surface area contributed by atoms with Gasteiger partial charge in [-0.05, 0) is 37.6 Å². The number of aromatic nitrogens is 4. The second-order valence-electron chi connectivity index (χ2n) is 7.83. The number of carbonyl (C=O) groups excluding carboxylic acids is 1. The van der Waals surface area contributed by atoms with Crippen LogP contribution in [0.1, 0.15) is 25.3 Å². The zero-order valence-corrected chi connectivity index (χ0v) is 21.1. The van der Waals surface area contributed by atoms with E-state index in [2.05, 4.69) is 39.6 Å². The molecule has 0 saturated heterocycles. The number of nitrogens with one attached hydrogen (secondary N) is 1. The zero-order valence-electron chi connectivity index (χ0n) is 19.4. The number of nitrogens with zero attached hydrogens (tertiary/aromatic N) is 4. The van der Waals surface area contributed by atoms with Gasteiger partial charge in [-0.3, -0.25) is 4.79 Å². The van der Waals surface area contributed by atoms with E-state index >= 15 is 0 Å².